The highest BCUT2D eigenvalue weighted by Gasteiger charge is 2.47. The van der Waals surface area contributed by atoms with Crippen LogP contribution in [0, 0.1) is 0 Å². The van der Waals surface area contributed by atoms with Gasteiger partial charge in [-0.3, -0.25) is 4.90 Å². The van der Waals surface area contributed by atoms with Crippen LogP contribution in [0.1, 0.15) is 82.8 Å². The molecule has 1 aliphatic carbocycles. The van der Waals surface area contributed by atoms with Gasteiger partial charge in [0, 0.05) is 6.42 Å². The Bertz CT molecular complexity index is 849. The normalized spacial score (nSPS) is 22.2. The van der Waals surface area contributed by atoms with Crippen molar-refractivity contribution < 1.29 is 19.3 Å². The Morgan fingerprint density at radius 3 is 1.95 bits per heavy atom. The van der Waals surface area contributed by atoms with E-state index in [2.05, 4.69) is 62.2 Å². The van der Waals surface area contributed by atoms with Gasteiger partial charge in [0.2, 0.25) is 0 Å². The quantitative estimate of drug-likeness (QED) is 0.205. The number of unbranched alkanes of at least 4 members (excludes halogenated alkanes) is 5. The molecular formula is C33H51NO4. The number of likely N-dealkylation sites (N-methyl/N-ethyl adjacent to an activating group) is 1. The molecule has 0 aromatic heterocycles. The molecule has 1 fully saturated rings. The minimum absolute atomic E-state index is 0.00518. The van der Waals surface area contributed by atoms with Crippen molar-refractivity contribution in [1.82, 2.24) is 4.90 Å². The number of benzene rings is 2. The van der Waals surface area contributed by atoms with E-state index in [1.165, 1.54) is 37.7 Å². The summed E-state index contributed by atoms with van der Waals surface area (Å²) in [6, 6.07) is 20.8. The van der Waals surface area contributed by atoms with Crippen LogP contribution in [0.25, 0.3) is 0 Å². The number of nitrogens with zero attached hydrogens (tertiary/aromatic N) is 1. The Kier molecular flexibility index (Phi) is 14.4. The van der Waals surface area contributed by atoms with E-state index in [-0.39, 0.29) is 24.4 Å². The van der Waals surface area contributed by atoms with Crippen molar-refractivity contribution in [3.63, 3.8) is 0 Å². The summed E-state index contributed by atoms with van der Waals surface area (Å²) in [5.41, 5.74) is 2.33. The highest BCUT2D eigenvalue weighted by atomic mass is 16.6. The van der Waals surface area contributed by atoms with Gasteiger partial charge < -0.3 is 19.3 Å². The van der Waals surface area contributed by atoms with Crippen molar-refractivity contribution in [1.29, 1.82) is 0 Å². The molecule has 0 heterocycles. The van der Waals surface area contributed by atoms with E-state index in [1.807, 2.05) is 24.3 Å². The summed E-state index contributed by atoms with van der Waals surface area (Å²) < 4.78 is 19.6. The molecule has 0 spiro atoms. The van der Waals surface area contributed by atoms with Gasteiger partial charge in [-0.15, -0.1) is 0 Å². The summed E-state index contributed by atoms with van der Waals surface area (Å²) in [6.45, 7) is 6.86. The summed E-state index contributed by atoms with van der Waals surface area (Å²) in [7, 11) is 2.20. The molecule has 5 heteroatoms. The van der Waals surface area contributed by atoms with Crippen molar-refractivity contribution in [3.8, 4) is 0 Å². The molecular weight excluding hydrogens is 474 g/mol. The Labute approximate surface area is 231 Å². The maximum Gasteiger partial charge on any atom is 0.102 e. The topological polar surface area (TPSA) is 51.2 Å². The first-order valence-corrected chi connectivity index (χ1v) is 14.9. The SMILES string of the molecule is CCCCCCCN(C)C1C(OCc2ccccc2)CC(OCc2ccccc2)C1OCC(O)CCCC. The summed E-state index contributed by atoms with van der Waals surface area (Å²) in [6.07, 6.45) is 9.17. The van der Waals surface area contributed by atoms with Crippen LogP contribution in [0.3, 0.4) is 0 Å². The maximum absolute atomic E-state index is 10.6. The van der Waals surface area contributed by atoms with Crippen molar-refractivity contribution in [2.45, 2.75) is 115 Å². The van der Waals surface area contributed by atoms with Gasteiger partial charge in [-0.1, -0.05) is 113 Å². The van der Waals surface area contributed by atoms with Gasteiger partial charge in [-0.25, -0.2) is 0 Å². The zero-order valence-corrected chi connectivity index (χ0v) is 24.0. The number of hydrogen-bond donors (Lipinski definition) is 1. The maximum atomic E-state index is 10.6. The predicted octanol–water partition coefficient (Wildman–Crippen LogP) is 6.77. The van der Waals surface area contributed by atoms with Crippen LogP contribution in [0.5, 0.6) is 0 Å². The van der Waals surface area contributed by atoms with Gasteiger partial charge in [-0.2, -0.15) is 0 Å². The van der Waals surface area contributed by atoms with Crippen LogP contribution >= 0.6 is 0 Å². The highest BCUT2D eigenvalue weighted by Crippen LogP contribution is 2.33. The predicted molar refractivity (Wildman–Crippen MR) is 155 cm³/mol. The Morgan fingerprint density at radius 1 is 0.763 bits per heavy atom. The van der Waals surface area contributed by atoms with Crippen LogP contribution in [-0.2, 0) is 27.4 Å². The van der Waals surface area contributed by atoms with Gasteiger partial charge in [0.05, 0.1) is 44.2 Å². The number of aliphatic hydroxyl groups excluding tert-OH is 1. The lowest BCUT2D eigenvalue weighted by Gasteiger charge is -2.35. The molecule has 0 bridgehead atoms. The number of ether oxygens (including phenoxy) is 3. The second-order valence-corrected chi connectivity index (χ2v) is 10.9. The van der Waals surface area contributed by atoms with Crippen molar-refractivity contribution in [2.24, 2.45) is 0 Å². The standard InChI is InChI=1S/C33H51NO4/c1-4-6-8-9-16-22-34(3)32-30(36-24-27-17-12-10-13-18-27)23-31(37-25-28-19-14-11-15-20-28)33(32)38-26-29(35)21-7-5-2/h10-15,17-20,29-33,35H,4-9,16,21-26H2,1-3H3. The molecule has 212 valence electrons. The largest absolute Gasteiger partial charge is 0.391 e. The molecule has 1 saturated carbocycles. The van der Waals surface area contributed by atoms with Crippen LogP contribution in [0.2, 0.25) is 0 Å². The monoisotopic (exact) mass is 525 g/mol. The highest BCUT2D eigenvalue weighted by molar-refractivity contribution is 5.15. The fraction of sp³-hybridized carbons (Fsp3) is 0.636. The minimum atomic E-state index is -0.450. The third-order valence-electron chi connectivity index (χ3n) is 7.66. The average Bonchev–Trinajstić information content (AvgIpc) is 3.30. The van der Waals surface area contributed by atoms with E-state index in [0.717, 1.165) is 37.8 Å². The molecule has 1 aliphatic rings. The van der Waals surface area contributed by atoms with Gasteiger partial charge in [0.15, 0.2) is 0 Å². The molecule has 2 aromatic carbocycles. The molecule has 1 N–H and O–H groups in total. The summed E-state index contributed by atoms with van der Waals surface area (Å²) in [5, 5.41) is 10.6. The van der Waals surface area contributed by atoms with Crippen molar-refractivity contribution in [2.75, 3.05) is 20.2 Å². The molecule has 0 saturated heterocycles. The smallest absolute Gasteiger partial charge is 0.102 e. The zero-order valence-electron chi connectivity index (χ0n) is 24.0. The summed E-state index contributed by atoms with van der Waals surface area (Å²) in [4.78, 5) is 2.43. The molecule has 5 atom stereocenters. The summed E-state index contributed by atoms with van der Waals surface area (Å²) in [5.74, 6) is 0. The Hall–Kier alpha value is -1.76. The molecule has 0 amide bonds. The lowest BCUT2D eigenvalue weighted by molar-refractivity contribution is -0.107. The molecule has 3 rings (SSSR count). The first-order chi connectivity index (χ1) is 18.6. The Balaban J connectivity index is 1.73. The van der Waals surface area contributed by atoms with Gasteiger partial charge in [0.1, 0.15) is 6.10 Å². The zero-order chi connectivity index (χ0) is 27.0. The van der Waals surface area contributed by atoms with Crippen molar-refractivity contribution >= 4 is 0 Å². The molecule has 5 unspecified atom stereocenters. The van der Waals surface area contributed by atoms with E-state index < -0.39 is 6.10 Å². The lowest BCUT2D eigenvalue weighted by atomic mass is 10.1. The lowest BCUT2D eigenvalue weighted by Crippen LogP contribution is -2.49. The van der Waals surface area contributed by atoms with E-state index in [1.54, 1.807) is 0 Å². The summed E-state index contributed by atoms with van der Waals surface area (Å²) >= 11 is 0. The number of rotatable bonds is 19. The average molecular weight is 526 g/mol. The Morgan fingerprint density at radius 2 is 1.34 bits per heavy atom. The van der Waals surface area contributed by atoms with Crippen LogP contribution in [0.4, 0.5) is 0 Å². The number of aliphatic hydroxyl groups is 1. The van der Waals surface area contributed by atoms with Gasteiger partial charge in [-0.05, 0) is 37.6 Å². The molecule has 0 aliphatic heterocycles. The van der Waals surface area contributed by atoms with E-state index in [4.69, 9.17) is 14.2 Å². The van der Waals surface area contributed by atoms with Crippen LogP contribution < -0.4 is 0 Å². The van der Waals surface area contributed by atoms with Crippen LogP contribution in [0.15, 0.2) is 60.7 Å². The van der Waals surface area contributed by atoms with E-state index >= 15 is 0 Å². The molecule has 38 heavy (non-hydrogen) atoms. The second kappa shape index (κ2) is 17.8. The second-order valence-electron chi connectivity index (χ2n) is 10.9. The van der Waals surface area contributed by atoms with E-state index in [9.17, 15) is 5.11 Å². The fourth-order valence-electron chi connectivity index (χ4n) is 5.42. The number of hydrogen-bond acceptors (Lipinski definition) is 5. The first-order valence-electron chi connectivity index (χ1n) is 14.9. The molecule has 5 nitrogen and oxygen atoms in total. The molecule has 0 radical (unpaired) electrons. The van der Waals surface area contributed by atoms with Gasteiger partial charge in [0.25, 0.3) is 0 Å². The third-order valence-corrected chi connectivity index (χ3v) is 7.66. The fourth-order valence-corrected chi connectivity index (χ4v) is 5.42. The van der Waals surface area contributed by atoms with Gasteiger partial charge >= 0.3 is 0 Å². The van der Waals surface area contributed by atoms with Crippen molar-refractivity contribution in [3.05, 3.63) is 71.8 Å². The first kappa shape index (κ1) is 30.8. The minimum Gasteiger partial charge on any atom is -0.391 e. The van der Waals surface area contributed by atoms with E-state index in [0.29, 0.717) is 19.8 Å². The van der Waals surface area contributed by atoms with Crippen LogP contribution in [-0.4, -0.2) is 60.7 Å². The third kappa shape index (κ3) is 10.4. The molecule has 2 aromatic rings.